The van der Waals surface area contributed by atoms with Gasteiger partial charge in [-0.05, 0) is 41.5 Å². The van der Waals surface area contributed by atoms with Gasteiger partial charge in [-0.2, -0.15) is 10.2 Å². The van der Waals surface area contributed by atoms with Crippen molar-refractivity contribution in [2.75, 3.05) is 17.6 Å². The fourth-order valence-electron chi connectivity index (χ4n) is 1.77. The Labute approximate surface area is 122 Å². The molecular formula is C11H10IN5S. The van der Waals surface area contributed by atoms with Crippen molar-refractivity contribution in [3.63, 3.8) is 0 Å². The SMILES string of the molecule is N#CC1(CNc2nc(N)nc3cc(I)sc23)CC1. The van der Waals surface area contributed by atoms with Crippen LogP contribution in [0.5, 0.6) is 0 Å². The number of thiophene rings is 1. The van der Waals surface area contributed by atoms with E-state index in [0.29, 0.717) is 6.54 Å². The van der Waals surface area contributed by atoms with Crippen LogP contribution in [-0.4, -0.2) is 16.5 Å². The molecule has 0 unspecified atom stereocenters. The van der Waals surface area contributed by atoms with E-state index in [2.05, 4.69) is 43.9 Å². The highest BCUT2D eigenvalue weighted by Gasteiger charge is 2.43. The molecule has 0 aliphatic heterocycles. The quantitative estimate of drug-likeness (QED) is 0.810. The monoisotopic (exact) mass is 371 g/mol. The van der Waals surface area contributed by atoms with E-state index in [9.17, 15) is 0 Å². The molecular weight excluding hydrogens is 361 g/mol. The number of nitriles is 1. The molecule has 7 heteroatoms. The minimum atomic E-state index is -0.198. The Balaban J connectivity index is 1.93. The van der Waals surface area contributed by atoms with Gasteiger partial charge >= 0.3 is 0 Å². The molecule has 0 saturated heterocycles. The number of nitrogens with two attached hydrogens (primary N) is 1. The lowest BCUT2D eigenvalue weighted by Gasteiger charge is -2.09. The van der Waals surface area contributed by atoms with Gasteiger partial charge in [0.15, 0.2) is 0 Å². The summed E-state index contributed by atoms with van der Waals surface area (Å²) in [7, 11) is 0. The van der Waals surface area contributed by atoms with Crippen molar-refractivity contribution in [1.82, 2.24) is 9.97 Å². The Morgan fingerprint density at radius 3 is 3.00 bits per heavy atom. The molecule has 0 aromatic carbocycles. The van der Waals surface area contributed by atoms with E-state index in [4.69, 9.17) is 11.0 Å². The molecule has 0 atom stereocenters. The lowest BCUT2D eigenvalue weighted by atomic mass is 10.1. The highest BCUT2D eigenvalue weighted by molar-refractivity contribution is 14.1. The van der Waals surface area contributed by atoms with Crippen LogP contribution in [0.25, 0.3) is 10.2 Å². The average Bonchev–Trinajstić information content (AvgIpc) is 3.02. The van der Waals surface area contributed by atoms with Crippen LogP contribution >= 0.6 is 33.9 Å². The van der Waals surface area contributed by atoms with E-state index in [0.717, 1.165) is 31.8 Å². The first-order valence-electron chi connectivity index (χ1n) is 5.50. The van der Waals surface area contributed by atoms with E-state index < -0.39 is 0 Å². The Morgan fingerprint density at radius 1 is 1.56 bits per heavy atom. The molecule has 3 N–H and O–H groups in total. The number of rotatable bonds is 3. The van der Waals surface area contributed by atoms with E-state index in [1.807, 2.05) is 6.07 Å². The second-order valence-electron chi connectivity index (χ2n) is 4.44. The maximum absolute atomic E-state index is 9.06. The van der Waals surface area contributed by atoms with Crippen LogP contribution in [0.2, 0.25) is 0 Å². The topological polar surface area (TPSA) is 87.6 Å². The smallest absolute Gasteiger partial charge is 0.222 e. The molecule has 3 rings (SSSR count). The van der Waals surface area contributed by atoms with Crippen LogP contribution in [-0.2, 0) is 0 Å². The molecule has 2 heterocycles. The molecule has 1 saturated carbocycles. The zero-order chi connectivity index (χ0) is 12.8. The number of nitrogens with zero attached hydrogens (tertiary/aromatic N) is 3. The van der Waals surface area contributed by atoms with Crippen molar-refractivity contribution < 1.29 is 0 Å². The Bertz CT molecular complexity index is 655. The number of nitrogens with one attached hydrogen (secondary N) is 1. The molecule has 18 heavy (non-hydrogen) atoms. The molecule has 0 amide bonds. The van der Waals surface area contributed by atoms with Gasteiger partial charge in [-0.1, -0.05) is 0 Å². The van der Waals surface area contributed by atoms with E-state index in [1.54, 1.807) is 11.3 Å². The van der Waals surface area contributed by atoms with Gasteiger partial charge in [0.1, 0.15) is 5.82 Å². The number of hydrogen-bond donors (Lipinski definition) is 2. The van der Waals surface area contributed by atoms with Gasteiger partial charge in [0.25, 0.3) is 0 Å². The summed E-state index contributed by atoms with van der Waals surface area (Å²) in [6.07, 6.45) is 1.92. The molecule has 2 aromatic heterocycles. The number of aromatic nitrogens is 2. The Kier molecular flexibility index (Phi) is 2.79. The van der Waals surface area contributed by atoms with Gasteiger partial charge < -0.3 is 11.1 Å². The van der Waals surface area contributed by atoms with Crippen LogP contribution in [0.4, 0.5) is 11.8 Å². The lowest BCUT2D eigenvalue weighted by molar-refractivity contribution is 0.710. The summed E-state index contributed by atoms with van der Waals surface area (Å²) in [6.45, 7) is 0.629. The molecule has 1 aliphatic rings. The fourth-order valence-corrected chi connectivity index (χ4v) is 3.52. The van der Waals surface area contributed by atoms with Gasteiger partial charge in [0.05, 0.1) is 24.6 Å². The minimum Gasteiger partial charge on any atom is -0.368 e. The largest absolute Gasteiger partial charge is 0.368 e. The highest BCUT2D eigenvalue weighted by Crippen LogP contribution is 2.45. The van der Waals surface area contributed by atoms with Crippen molar-refractivity contribution in [1.29, 1.82) is 5.26 Å². The molecule has 1 fully saturated rings. The van der Waals surface area contributed by atoms with E-state index in [1.165, 1.54) is 0 Å². The molecule has 0 spiro atoms. The van der Waals surface area contributed by atoms with Crippen LogP contribution in [0.3, 0.4) is 0 Å². The normalized spacial score (nSPS) is 16.4. The average molecular weight is 371 g/mol. The number of hydrogen-bond acceptors (Lipinski definition) is 6. The maximum atomic E-state index is 9.06. The third-order valence-electron chi connectivity index (χ3n) is 3.04. The molecule has 5 nitrogen and oxygen atoms in total. The van der Waals surface area contributed by atoms with Crippen LogP contribution in [0.1, 0.15) is 12.8 Å². The van der Waals surface area contributed by atoms with Gasteiger partial charge in [0.2, 0.25) is 5.95 Å². The highest BCUT2D eigenvalue weighted by atomic mass is 127. The fraction of sp³-hybridized carbons (Fsp3) is 0.364. The number of fused-ring (bicyclic) bond motifs is 1. The second kappa shape index (κ2) is 4.20. The van der Waals surface area contributed by atoms with Gasteiger partial charge in [-0.25, -0.2) is 4.98 Å². The van der Waals surface area contributed by atoms with Crippen molar-refractivity contribution in [2.24, 2.45) is 5.41 Å². The summed E-state index contributed by atoms with van der Waals surface area (Å²) in [5.41, 5.74) is 6.36. The van der Waals surface area contributed by atoms with Crippen molar-refractivity contribution in [3.8, 4) is 6.07 Å². The molecule has 2 aromatic rings. The maximum Gasteiger partial charge on any atom is 0.222 e. The molecule has 1 aliphatic carbocycles. The van der Waals surface area contributed by atoms with Crippen LogP contribution < -0.4 is 11.1 Å². The van der Waals surface area contributed by atoms with E-state index in [-0.39, 0.29) is 11.4 Å². The first kappa shape index (κ1) is 11.9. The number of nitrogen functional groups attached to an aromatic ring is 1. The molecule has 0 radical (unpaired) electrons. The van der Waals surface area contributed by atoms with Gasteiger partial charge in [-0.3, -0.25) is 0 Å². The first-order chi connectivity index (χ1) is 8.62. The van der Waals surface area contributed by atoms with Crippen LogP contribution in [0.15, 0.2) is 6.07 Å². The van der Waals surface area contributed by atoms with Crippen molar-refractivity contribution in [3.05, 3.63) is 8.95 Å². The number of anilines is 2. The summed E-state index contributed by atoms with van der Waals surface area (Å²) >= 11 is 3.88. The van der Waals surface area contributed by atoms with Crippen molar-refractivity contribution >= 4 is 55.9 Å². The molecule has 92 valence electrons. The van der Waals surface area contributed by atoms with Crippen LogP contribution in [0, 0.1) is 19.6 Å². The third kappa shape index (κ3) is 2.10. The molecule has 0 bridgehead atoms. The first-order valence-corrected chi connectivity index (χ1v) is 7.39. The number of halogens is 1. The summed E-state index contributed by atoms with van der Waals surface area (Å²) < 4.78 is 2.15. The van der Waals surface area contributed by atoms with E-state index >= 15 is 0 Å². The predicted molar refractivity (Wildman–Crippen MR) is 80.3 cm³/mol. The second-order valence-corrected chi connectivity index (χ2v) is 7.39. The zero-order valence-corrected chi connectivity index (χ0v) is 12.4. The Morgan fingerprint density at radius 2 is 2.33 bits per heavy atom. The van der Waals surface area contributed by atoms with Crippen molar-refractivity contribution in [2.45, 2.75) is 12.8 Å². The predicted octanol–water partition coefficient (Wildman–Crippen LogP) is 2.59. The summed E-state index contributed by atoms with van der Waals surface area (Å²) in [5, 5.41) is 12.3. The lowest BCUT2D eigenvalue weighted by Crippen LogP contribution is -2.14. The summed E-state index contributed by atoms with van der Waals surface area (Å²) in [5.74, 6) is 1.01. The zero-order valence-electron chi connectivity index (χ0n) is 9.40. The van der Waals surface area contributed by atoms with Gasteiger partial charge in [-0.15, -0.1) is 11.3 Å². The Hall–Kier alpha value is -1.14. The standard InChI is InChI=1S/C11H10IN5S/c12-7-3-6-8(18-7)9(17-10(14)16-6)15-5-11(4-13)1-2-11/h3H,1-2,5H2,(H3,14,15,16,17). The van der Waals surface area contributed by atoms with Gasteiger partial charge in [0, 0.05) is 6.54 Å². The third-order valence-corrected chi connectivity index (χ3v) is 4.94. The summed E-state index contributed by atoms with van der Waals surface area (Å²) in [6, 6.07) is 4.34. The minimum absolute atomic E-state index is 0.198. The summed E-state index contributed by atoms with van der Waals surface area (Å²) in [4.78, 5) is 8.44.